The molecule has 0 unspecified atom stereocenters. The number of nitrogens with zero attached hydrogens (tertiary/aromatic N) is 2. The molecule has 2 rings (SSSR count). The fourth-order valence-electron chi connectivity index (χ4n) is 1.78. The van der Waals surface area contributed by atoms with Crippen molar-refractivity contribution in [3.8, 4) is 0 Å². The Labute approximate surface area is 104 Å². The van der Waals surface area contributed by atoms with Gasteiger partial charge in [0, 0.05) is 6.54 Å². The van der Waals surface area contributed by atoms with Crippen molar-refractivity contribution in [1.82, 2.24) is 9.55 Å². The molecule has 5 nitrogen and oxygen atoms in total. The summed E-state index contributed by atoms with van der Waals surface area (Å²) in [6.45, 7) is 2.41. The first kappa shape index (κ1) is 12.3. The zero-order valence-corrected chi connectivity index (χ0v) is 10.1. The van der Waals surface area contributed by atoms with E-state index in [1.54, 1.807) is 11.5 Å². The zero-order chi connectivity index (χ0) is 13.0. The van der Waals surface area contributed by atoms with E-state index >= 15 is 0 Å². The van der Waals surface area contributed by atoms with E-state index in [9.17, 15) is 9.59 Å². The molecule has 0 fully saturated rings. The van der Waals surface area contributed by atoms with Crippen LogP contribution >= 0.6 is 0 Å². The van der Waals surface area contributed by atoms with Crippen LogP contribution in [-0.4, -0.2) is 22.1 Å². The van der Waals surface area contributed by atoms with Gasteiger partial charge < -0.3 is 9.30 Å². The Bertz CT molecular complexity index is 619. The van der Waals surface area contributed by atoms with E-state index < -0.39 is 0 Å². The Balaban J connectivity index is 2.29. The third kappa shape index (κ3) is 2.56. The molecule has 94 valence electrons. The van der Waals surface area contributed by atoms with Crippen LogP contribution in [0.25, 0.3) is 11.0 Å². The van der Waals surface area contributed by atoms with Gasteiger partial charge in [0.15, 0.2) is 0 Å². The summed E-state index contributed by atoms with van der Waals surface area (Å²) in [4.78, 5) is 27.1. The lowest BCUT2D eigenvalue weighted by Gasteiger charge is -2.08. The average molecular weight is 246 g/mol. The first-order valence-corrected chi connectivity index (χ1v) is 5.82. The molecule has 0 aliphatic carbocycles. The molecule has 0 radical (unpaired) electrons. The molecular formula is C13H14N2O3. The van der Waals surface area contributed by atoms with Gasteiger partial charge in [-0.05, 0) is 19.1 Å². The summed E-state index contributed by atoms with van der Waals surface area (Å²) >= 11 is 0. The highest BCUT2D eigenvalue weighted by atomic mass is 16.5. The Kier molecular flexibility index (Phi) is 3.72. The summed E-state index contributed by atoms with van der Waals surface area (Å²) < 4.78 is 6.39. The number of fused-ring (bicyclic) bond motifs is 1. The largest absolute Gasteiger partial charge is 0.466 e. The number of aryl methyl sites for hydroxylation is 1. The van der Waals surface area contributed by atoms with Gasteiger partial charge in [0.1, 0.15) is 0 Å². The molecule has 0 saturated heterocycles. The van der Waals surface area contributed by atoms with Crippen LogP contribution in [0.15, 0.2) is 35.3 Å². The fraction of sp³-hybridized carbons (Fsp3) is 0.308. The number of aromatic nitrogens is 2. The van der Waals surface area contributed by atoms with Gasteiger partial charge in [-0.3, -0.25) is 9.59 Å². The number of hydrogen-bond donors (Lipinski definition) is 0. The Morgan fingerprint density at radius 3 is 2.94 bits per heavy atom. The van der Waals surface area contributed by atoms with Crippen molar-refractivity contribution >= 4 is 17.0 Å². The Morgan fingerprint density at radius 2 is 2.17 bits per heavy atom. The van der Waals surface area contributed by atoms with Crippen molar-refractivity contribution in [3.05, 3.63) is 40.8 Å². The maximum atomic E-state index is 11.8. The number of hydrogen-bond acceptors (Lipinski definition) is 4. The molecule has 5 heteroatoms. The lowest BCUT2D eigenvalue weighted by Crippen LogP contribution is -2.22. The molecule has 0 atom stereocenters. The average Bonchev–Trinajstić information content (AvgIpc) is 2.38. The molecule has 0 N–H and O–H groups in total. The van der Waals surface area contributed by atoms with Crippen molar-refractivity contribution in [2.24, 2.45) is 0 Å². The second kappa shape index (κ2) is 5.44. The number of rotatable bonds is 4. The molecule has 1 aromatic carbocycles. The topological polar surface area (TPSA) is 61.2 Å². The first-order chi connectivity index (χ1) is 8.72. The SMILES string of the molecule is CCOC(=O)CCn1c(=O)cnc2ccccc21. The van der Waals surface area contributed by atoms with Crippen LogP contribution in [0.4, 0.5) is 0 Å². The maximum absolute atomic E-state index is 11.8. The Morgan fingerprint density at radius 1 is 1.39 bits per heavy atom. The summed E-state index contributed by atoms with van der Waals surface area (Å²) in [7, 11) is 0. The van der Waals surface area contributed by atoms with Gasteiger partial charge in [-0.2, -0.15) is 0 Å². The van der Waals surface area contributed by atoms with Crippen LogP contribution in [0, 0.1) is 0 Å². The van der Waals surface area contributed by atoms with Crippen LogP contribution in [0.5, 0.6) is 0 Å². The van der Waals surface area contributed by atoms with Crippen molar-refractivity contribution in [3.63, 3.8) is 0 Å². The number of carbonyl (C=O) groups excluding carboxylic acids is 1. The Hall–Kier alpha value is -2.17. The van der Waals surface area contributed by atoms with Crippen molar-refractivity contribution in [1.29, 1.82) is 0 Å². The minimum atomic E-state index is -0.301. The van der Waals surface area contributed by atoms with Crippen LogP contribution in [0.2, 0.25) is 0 Å². The van der Waals surface area contributed by atoms with Gasteiger partial charge >= 0.3 is 5.97 Å². The molecule has 18 heavy (non-hydrogen) atoms. The number of benzene rings is 1. The van der Waals surface area contributed by atoms with Gasteiger partial charge in [-0.15, -0.1) is 0 Å². The highest BCUT2D eigenvalue weighted by molar-refractivity contribution is 5.74. The summed E-state index contributed by atoms with van der Waals surface area (Å²) in [6.07, 6.45) is 1.45. The minimum Gasteiger partial charge on any atom is -0.466 e. The summed E-state index contributed by atoms with van der Waals surface area (Å²) in [5, 5.41) is 0. The van der Waals surface area contributed by atoms with Gasteiger partial charge in [0.05, 0.1) is 30.3 Å². The second-order valence-electron chi connectivity index (χ2n) is 3.79. The van der Waals surface area contributed by atoms with Crippen molar-refractivity contribution in [2.45, 2.75) is 19.9 Å². The van der Waals surface area contributed by atoms with E-state index in [4.69, 9.17) is 4.74 Å². The van der Waals surface area contributed by atoms with Crippen LogP contribution < -0.4 is 5.56 Å². The van der Waals surface area contributed by atoms with E-state index in [1.165, 1.54) is 6.20 Å². The van der Waals surface area contributed by atoms with Gasteiger partial charge in [-0.1, -0.05) is 12.1 Å². The lowest BCUT2D eigenvalue weighted by molar-refractivity contribution is -0.143. The maximum Gasteiger partial charge on any atom is 0.307 e. The molecule has 0 saturated carbocycles. The third-order valence-electron chi connectivity index (χ3n) is 2.60. The molecule has 2 aromatic rings. The normalized spacial score (nSPS) is 10.5. The van der Waals surface area contributed by atoms with E-state index in [0.29, 0.717) is 13.2 Å². The van der Waals surface area contributed by atoms with Crippen LogP contribution in [-0.2, 0) is 16.1 Å². The monoisotopic (exact) mass is 246 g/mol. The van der Waals surface area contributed by atoms with Crippen molar-refractivity contribution < 1.29 is 9.53 Å². The molecule has 0 amide bonds. The quantitative estimate of drug-likeness (QED) is 0.764. The van der Waals surface area contributed by atoms with E-state index in [1.807, 2.05) is 24.3 Å². The summed E-state index contributed by atoms with van der Waals surface area (Å²) in [5.41, 5.74) is 1.26. The predicted octanol–water partition coefficient (Wildman–Crippen LogP) is 1.35. The molecule has 1 aromatic heterocycles. The standard InChI is InChI=1S/C13H14N2O3/c1-2-18-13(17)7-8-15-11-6-4-3-5-10(11)14-9-12(15)16/h3-6,9H,2,7-8H2,1H3. The third-order valence-corrected chi connectivity index (χ3v) is 2.60. The molecular weight excluding hydrogens is 232 g/mol. The van der Waals surface area contributed by atoms with Gasteiger partial charge in [0.25, 0.3) is 5.56 Å². The summed E-state index contributed by atoms with van der Waals surface area (Å²) in [5.74, 6) is -0.301. The van der Waals surface area contributed by atoms with E-state index in [0.717, 1.165) is 11.0 Å². The number of esters is 1. The number of para-hydroxylation sites is 2. The van der Waals surface area contributed by atoms with Crippen LogP contribution in [0.3, 0.4) is 0 Å². The number of carbonyl (C=O) groups is 1. The zero-order valence-electron chi connectivity index (χ0n) is 10.1. The molecule has 0 aliphatic rings. The molecule has 1 heterocycles. The lowest BCUT2D eigenvalue weighted by atomic mass is 10.3. The number of ether oxygens (including phenoxy) is 1. The molecule has 0 spiro atoms. The highest BCUT2D eigenvalue weighted by Crippen LogP contribution is 2.08. The van der Waals surface area contributed by atoms with Gasteiger partial charge in [-0.25, -0.2) is 4.98 Å². The van der Waals surface area contributed by atoms with Crippen LogP contribution in [0.1, 0.15) is 13.3 Å². The van der Waals surface area contributed by atoms with Gasteiger partial charge in [0.2, 0.25) is 0 Å². The molecule has 0 bridgehead atoms. The smallest absolute Gasteiger partial charge is 0.307 e. The first-order valence-electron chi connectivity index (χ1n) is 5.82. The second-order valence-corrected chi connectivity index (χ2v) is 3.79. The van der Waals surface area contributed by atoms with Crippen molar-refractivity contribution in [2.75, 3.05) is 6.61 Å². The molecule has 0 aliphatic heterocycles. The van der Waals surface area contributed by atoms with E-state index in [-0.39, 0.29) is 17.9 Å². The summed E-state index contributed by atoms with van der Waals surface area (Å²) in [6, 6.07) is 7.34. The highest BCUT2D eigenvalue weighted by Gasteiger charge is 2.07. The fourth-order valence-corrected chi connectivity index (χ4v) is 1.78. The predicted molar refractivity (Wildman–Crippen MR) is 67.3 cm³/mol. The minimum absolute atomic E-state index is 0.182. The van der Waals surface area contributed by atoms with E-state index in [2.05, 4.69) is 4.98 Å².